The smallest absolute Gasteiger partial charge is 0.255 e. The van der Waals surface area contributed by atoms with E-state index in [2.05, 4.69) is 10.2 Å². The number of nitrogens with zero attached hydrogens (tertiary/aromatic N) is 2. The first kappa shape index (κ1) is 24.5. The number of nitrogens with two attached hydrogens (primary N) is 1. The zero-order chi connectivity index (χ0) is 25.1. The van der Waals surface area contributed by atoms with E-state index < -0.39 is 6.04 Å². The van der Waals surface area contributed by atoms with Crippen LogP contribution in [0.4, 0.5) is 0 Å². The molecule has 3 N–H and O–H groups in total. The lowest BCUT2D eigenvalue weighted by Crippen LogP contribution is -2.52. The summed E-state index contributed by atoms with van der Waals surface area (Å²) < 4.78 is 6.24. The van der Waals surface area contributed by atoms with Crippen LogP contribution in [0.2, 0.25) is 0 Å². The van der Waals surface area contributed by atoms with Gasteiger partial charge in [0, 0.05) is 37.7 Å². The number of hydrogen-bond acceptors (Lipinski definition) is 6. The fourth-order valence-corrected chi connectivity index (χ4v) is 5.26. The lowest BCUT2D eigenvalue weighted by molar-refractivity contribution is -0.136. The number of nitrogens with one attached hydrogen (secondary N) is 1. The second kappa shape index (κ2) is 10.8. The first-order valence-electron chi connectivity index (χ1n) is 12.9. The molecule has 6 rings (SSSR count). The molecule has 8 heteroatoms. The molecule has 3 aliphatic heterocycles. The number of hydrogen-bond donors (Lipinski definition) is 2. The van der Waals surface area contributed by atoms with Crippen molar-refractivity contribution in [1.82, 2.24) is 15.1 Å². The van der Waals surface area contributed by atoms with Gasteiger partial charge in [0.05, 0.1) is 0 Å². The predicted molar refractivity (Wildman–Crippen MR) is 135 cm³/mol. The summed E-state index contributed by atoms with van der Waals surface area (Å²) in [4.78, 5) is 40.4. The number of imide groups is 1. The summed E-state index contributed by atoms with van der Waals surface area (Å²) in [5.41, 5.74) is 8.05. The summed E-state index contributed by atoms with van der Waals surface area (Å²) in [6.45, 7) is 3.17. The van der Waals surface area contributed by atoms with Crippen LogP contribution >= 0.6 is 0 Å². The van der Waals surface area contributed by atoms with Crippen LogP contribution in [0.3, 0.4) is 0 Å². The van der Waals surface area contributed by atoms with Crippen molar-refractivity contribution in [2.24, 2.45) is 5.73 Å². The van der Waals surface area contributed by atoms with Gasteiger partial charge in [-0.3, -0.25) is 24.6 Å². The van der Waals surface area contributed by atoms with Crippen LogP contribution in [0.5, 0.6) is 5.75 Å². The first-order chi connectivity index (χ1) is 17.5. The zero-order valence-corrected chi connectivity index (χ0v) is 20.5. The maximum absolute atomic E-state index is 12.8. The minimum Gasteiger partial charge on any atom is -0.489 e. The highest BCUT2D eigenvalue weighted by Crippen LogP contribution is 2.33. The molecule has 2 aromatic carbocycles. The van der Waals surface area contributed by atoms with E-state index in [0.717, 1.165) is 36.7 Å². The van der Waals surface area contributed by atoms with Crippen molar-refractivity contribution >= 4 is 17.7 Å². The van der Waals surface area contributed by atoms with Gasteiger partial charge in [0.2, 0.25) is 11.8 Å². The average Bonchev–Trinajstić information content (AvgIpc) is 3.70. The van der Waals surface area contributed by atoms with E-state index in [1.165, 1.54) is 24.9 Å². The highest BCUT2D eigenvalue weighted by atomic mass is 16.5. The normalized spacial score (nSPS) is 24.0. The highest BCUT2D eigenvalue weighted by molar-refractivity contribution is 6.05. The van der Waals surface area contributed by atoms with Gasteiger partial charge in [0.15, 0.2) is 0 Å². The Morgan fingerprint density at radius 2 is 1.81 bits per heavy atom. The number of likely N-dealkylation sites (tertiary alicyclic amines) is 1. The highest BCUT2D eigenvalue weighted by Gasteiger charge is 2.39. The molecule has 3 fully saturated rings. The van der Waals surface area contributed by atoms with Gasteiger partial charge in [-0.15, -0.1) is 0 Å². The Kier molecular flexibility index (Phi) is 7.34. The Labute approximate surface area is 211 Å². The van der Waals surface area contributed by atoms with E-state index >= 15 is 0 Å². The Balaban J connectivity index is 0.000000286. The molecule has 36 heavy (non-hydrogen) atoms. The number of fused-ring (bicyclic) bond motifs is 1. The van der Waals surface area contributed by atoms with E-state index in [-0.39, 0.29) is 30.2 Å². The second-order valence-electron chi connectivity index (χ2n) is 10.0. The molecular formula is C28H34N4O4. The molecule has 0 radical (unpaired) electrons. The number of ether oxygens (including phenoxy) is 1. The number of piperidine rings is 2. The molecule has 1 aliphatic carbocycles. The minimum absolute atomic E-state index is 0.145. The van der Waals surface area contributed by atoms with Crippen LogP contribution in [-0.4, -0.2) is 58.8 Å². The van der Waals surface area contributed by atoms with Crippen molar-refractivity contribution in [3.05, 3.63) is 65.2 Å². The maximum Gasteiger partial charge on any atom is 0.255 e. The molecule has 2 aromatic rings. The molecule has 8 nitrogen and oxygen atoms in total. The lowest BCUT2D eigenvalue weighted by atomic mass is 10.0. The van der Waals surface area contributed by atoms with Crippen LogP contribution in [-0.2, 0) is 22.7 Å². The molecule has 0 spiro atoms. The van der Waals surface area contributed by atoms with Gasteiger partial charge < -0.3 is 15.4 Å². The summed E-state index contributed by atoms with van der Waals surface area (Å²) in [6.07, 6.45) is 5.68. The molecule has 2 saturated heterocycles. The third-order valence-corrected chi connectivity index (χ3v) is 7.35. The van der Waals surface area contributed by atoms with Crippen molar-refractivity contribution < 1.29 is 19.1 Å². The topological polar surface area (TPSA) is 105 Å². The third kappa shape index (κ3) is 5.60. The number of benzene rings is 2. The molecule has 3 amide bonds. The van der Waals surface area contributed by atoms with Crippen molar-refractivity contribution in [2.75, 3.05) is 13.1 Å². The van der Waals surface area contributed by atoms with E-state index in [9.17, 15) is 14.4 Å². The van der Waals surface area contributed by atoms with Crippen LogP contribution in [0, 0.1) is 0 Å². The molecule has 0 aromatic heterocycles. The van der Waals surface area contributed by atoms with Crippen molar-refractivity contribution in [3.8, 4) is 5.75 Å². The number of carbonyl (C=O) groups excluding carboxylic acids is 3. The molecule has 0 bridgehead atoms. The number of carbonyl (C=O) groups is 3. The Hall–Kier alpha value is -3.23. The third-order valence-electron chi connectivity index (χ3n) is 7.35. The molecule has 2 atom stereocenters. The van der Waals surface area contributed by atoms with Crippen molar-refractivity contribution in [1.29, 1.82) is 0 Å². The van der Waals surface area contributed by atoms with Crippen LogP contribution in [0.15, 0.2) is 48.5 Å². The van der Waals surface area contributed by atoms with Crippen LogP contribution in [0.1, 0.15) is 60.0 Å². The Morgan fingerprint density at radius 1 is 1.00 bits per heavy atom. The van der Waals surface area contributed by atoms with Crippen molar-refractivity contribution in [3.63, 3.8) is 0 Å². The van der Waals surface area contributed by atoms with Gasteiger partial charge in [-0.25, -0.2) is 0 Å². The molecule has 2 unspecified atom stereocenters. The molecule has 3 heterocycles. The van der Waals surface area contributed by atoms with Gasteiger partial charge in [-0.1, -0.05) is 30.3 Å². The first-order valence-corrected chi connectivity index (χ1v) is 12.9. The summed E-state index contributed by atoms with van der Waals surface area (Å²) >= 11 is 0. The largest absolute Gasteiger partial charge is 0.489 e. The number of amides is 3. The van der Waals surface area contributed by atoms with E-state index in [1.54, 1.807) is 11.0 Å². The fourth-order valence-electron chi connectivity index (χ4n) is 5.26. The summed E-state index contributed by atoms with van der Waals surface area (Å²) in [5.74, 6) is -0.00184. The van der Waals surface area contributed by atoms with Crippen molar-refractivity contribution in [2.45, 2.75) is 69.8 Å². The molecule has 4 aliphatic rings. The minimum atomic E-state index is -0.576. The van der Waals surface area contributed by atoms with Gasteiger partial charge in [0.1, 0.15) is 17.9 Å². The second-order valence-corrected chi connectivity index (χ2v) is 10.0. The quantitative estimate of drug-likeness (QED) is 0.625. The standard InChI is InChI=1S/C21H25N3O4.C7H9N/c25-19-8-7-18(20(26)22-19)24-11-13-10-15(5-6-17(13)21(24)27)28-16-2-1-9-23(12-16)14-3-4-14;8-6-7-4-2-1-3-5-7/h5-6,10,14,16,18H,1-4,7-9,11-12H2,(H,22,25,26);1-5H,6,8H2. The van der Waals surface area contributed by atoms with Gasteiger partial charge >= 0.3 is 0 Å². The summed E-state index contributed by atoms with van der Waals surface area (Å²) in [7, 11) is 0. The van der Waals surface area contributed by atoms with E-state index in [0.29, 0.717) is 25.1 Å². The van der Waals surface area contributed by atoms with Gasteiger partial charge in [0.25, 0.3) is 5.91 Å². The average molecular weight is 491 g/mol. The lowest BCUT2D eigenvalue weighted by Gasteiger charge is -2.33. The predicted octanol–water partition coefficient (Wildman–Crippen LogP) is 2.60. The molecule has 190 valence electrons. The van der Waals surface area contributed by atoms with Gasteiger partial charge in [-0.2, -0.15) is 0 Å². The number of rotatable bonds is 5. The van der Waals surface area contributed by atoms with Gasteiger partial charge in [-0.05, 0) is 68.0 Å². The van der Waals surface area contributed by atoms with E-state index in [1.807, 2.05) is 42.5 Å². The zero-order valence-electron chi connectivity index (χ0n) is 20.5. The van der Waals surface area contributed by atoms with Crippen LogP contribution in [0.25, 0.3) is 0 Å². The fraction of sp³-hybridized carbons (Fsp3) is 0.464. The summed E-state index contributed by atoms with van der Waals surface area (Å²) in [5, 5.41) is 2.34. The maximum atomic E-state index is 12.8. The van der Waals surface area contributed by atoms with E-state index in [4.69, 9.17) is 10.5 Å². The Morgan fingerprint density at radius 3 is 2.50 bits per heavy atom. The SMILES string of the molecule is NCc1ccccc1.O=C1CCC(N2Cc3cc(OC4CCCN(C5CC5)C4)ccc3C2=O)C(=O)N1. The van der Waals surface area contributed by atoms with Crippen LogP contribution < -0.4 is 15.8 Å². The monoisotopic (exact) mass is 490 g/mol. The summed E-state index contributed by atoms with van der Waals surface area (Å²) in [6, 6.07) is 15.8. The molecule has 1 saturated carbocycles. The Bertz CT molecular complexity index is 1120. The molecular weight excluding hydrogens is 456 g/mol.